The Balaban J connectivity index is 1.53. The first-order valence-corrected chi connectivity index (χ1v) is 9.70. The van der Waals surface area contributed by atoms with Gasteiger partial charge in [0.15, 0.2) is 11.4 Å². The zero-order valence-electron chi connectivity index (χ0n) is 14.7. The minimum absolute atomic E-state index is 0.104. The molecule has 5 rings (SSSR count). The highest BCUT2D eigenvalue weighted by Crippen LogP contribution is 2.75. The molecule has 0 aromatic carbocycles. The molecule has 1 heterocycles. The van der Waals surface area contributed by atoms with Crippen LogP contribution in [0.5, 0.6) is 0 Å². The maximum absolute atomic E-state index is 12.4. The molecule has 0 aromatic rings. The molecule has 5 aliphatic rings. The summed E-state index contributed by atoms with van der Waals surface area (Å²) in [5.74, 6) is 2.41. The second-order valence-electron chi connectivity index (χ2n) is 9.86. The van der Waals surface area contributed by atoms with Crippen molar-refractivity contribution in [3.8, 4) is 0 Å². The van der Waals surface area contributed by atoms with Crippen molar-refractivity contribution in [2.75, 3.05) is 0 Å². The standard InChI is InChI=1S/C20H30O3/c1-17-9-7-14-12(13(17)4-5-15(17)21)6-11-20-18(14,2)10-8-16(22)19(20,3)23-20/h12-15,21H,4-11H2,1-3H3/t12-,13-,14+,15?,17-,18+,19?,20?/m0/s1. The minimum atomic E-state index is -0.485. The van der Waals surface area contributed by atoms with Crippen molar-refractivity contribution in [1.82, 2.24) is 0 Å². The molecule has 1 aliphatic heterocycles. The first-order valence-electron chi connectivity index (χ1n) is 9.70. The molecular formula is C20H30O3. The van der Waals surface area contributed by atoms with Gasteiger partial charge in [0.05, 0.1) is 6.10 Å². The fourth-order valence-electron chi connectivity index (χ4n) is 7.96. The summed E-state index contributed by atoms with van der Waals surface area (Å²) in [6.07, 6.45) is 8.38. The summed E-state index contributed by atoms with van der Waals surface area (Å²) in [5.41, 5.74) is -0.351. The molecule has 128 valence electrons. The van der Waals surface area contributed by atoms with Gasteiger partial charge in [0, 0.05) is 11.8 Å². The van der Waals surface area contributed by atoms with E-state index in [4.69, 9.17) is 4.74 Å². The molecule has 3 heteroatoms. The van der Waals surface area contributed by atoms with Crippen molar-refractivity contribution >= 4 is 5.78 Å². The van der Waals surface area contributed by atoms with E-state index < -0.39 is 5.60 Å². The first-order chi connectivity index (χ1) is 10.8. The van der Waals surface area contributed by atoms with Gasteiger partial charge in [0.2, 0.25) is 0 Å². The second kappa shape index (κ2) is 4.04. The molecule has 1 saturated heterocycles. The van der Waals surface area contributed by atoms with E-state index >= 15 is 0 Å². The van der Waals surface area contributed by atoms with Crippen LogP contribution in [0.15, 0.2) is 0 Å². The van der Waals surface area contributed by atoms with Crippen LogP contribution in [0.25, 0.3) is 0 Å². The molecule has 0 radical (unpaired) electrons. The Morgan fingerprint density at radius 3 is 2.57 bits per heavy atom. The van der Waals surface area contributed by atoms with Crippen LogP contribution in [0.2, 0.25) is 0 Å². The van der Waals surface area contributed by atoms with Gasteiger partial charge in [-0.2, -0.15) is 0 Å². The van der Waals surface area contributed by atoms with E-state index in [1.165, 1.54) is 19.3 Å². The molecule has 23 heavy (non-hydrogen) atoms. The zero-order chi connectivity index (χ0) is 16.3. The van der Waals surface area contributed by atoms with Gasteiger partial charge in [-0.3, -0.25) is 4.79 Å². The Kier molecular flexibility index (Phi) is 2.62. The highest BCUT2D eigenvalue weighted by Gasteiger charge is 2.82. The number of rotatable bonds is 0. The summed E-state index contributed by atoms with van der Waals surface area (Å²) < 4.78 is 6.28. The Morgan fingerprint density at radius 1 is 1.00 bits per heavy atom. The minimum Gasteiger partial charge on any atom is -0.393 e. The number of Topliss-reactive ketones (excluding diaryl/α,β-unsaturated/α-hetero) is 1. The summed E-state index contributed by atoms with van der Waals surface area (Å²) >= 11 is 0. The molecule has 0 amide bonds. The number of carbonyl (C=O) groups is 1. The van der Waals surface area contributed by atoms with E-state index in [-0.39, 0.29) is 22.5 Å². The van der Waals surface area contributed by atoms with Crippen LogP contribution in [0.1, 0.15) is 72.1 Å². The third kappa shape index (κ3) is 1.41. The van der Waals surface area contributed by atoms with Crippen LogP contribution in [-0.2, 0) is 9.53 Å². The lowest BCUT2D eigenvalue weighted by Crippen LogP contribution is -2.60. The summed E-state index contributed by atoms with van der Waals surface area (Å²) in [6.45, 7) is 6.81. The number of hydrogen-bond donors (Lipinski definition) is 1. The number of aliphatic hydroxyl groups excluding tert-OH is 1. The van der Waals surface area contributed by atoms with Crippen LogP contribution in [0.4, 0.5) is 0 Å². The lowest BCUT2D eigenvalue weighted by atomic mass is 9.43. The summed E-state index contributed by atoms with van der Waals surface area (Å²) in [7, 11) is 0. The van der Waals surface area contributed by atoms with Crippen molar-refractivity contribution in [3.63, 3.8) is 0 Å². The molecule has 3 nitrogen and oxygen atoms in total. The highest BCUT2D eigenvalue weighted by molar-refractivity contribution is 5.93. The normalized spacial score (nSPS) is 63.7. The molecule has 4 aliphatic carbocycles. The van der Waals surface area contributed by atoms with Gasteiger partial charge < -0.3 is 9.84 Å². The van der Waals surface area contributed by atoms with Crippen LogP contribution < -0.4 is 0 Å². The third-order valence-electron chi connectivity index (χ3n) is 9.47. The Hall–Kier alpha value is -0.410. The van der Waals surface area contributed by atoms with Crippen molar-refractivity contribution in [2.45, 2.75) is 89.4 Å². The van der Waals surface area contributed by atoms with Gasteiger partial charge in [0.1, 0.15) is 5.60 Å². The molecule has 8 atom stereocenters. The Bertz CT molecular complexity index is 587. The lowest BCUT2D eigenvalue weighted by molar-refractivity contribution is -0.137. The van der Waals surface area contributed by atoms with E-state index in [0.29, 0.717) is 24.0 Å². The average Bonchev–Trinajstić information content (AvgIpc) is 3.05. The Morgan fingerprint density at radius 2 is 1.78 bits per heavy atom. The first kappa shape index (κ1) is 14.9. The van der Waals surface area contributed by atoms with Crippen LogP contribution in [-0.4, -0.2) is 28.2 Å². The maximum Gasteiger partial charge on any atom is 0.167 e. The van der Waals surface area contributed by atoms with E-state index in [0.717, 1.165) is 31.6 Å². The predicted octanol–water partition coefficient (Wildman–Crippen LogP) is 3.48. The van der Waals surface area contributed by atoms with E-state index in [9.17, 15) is 9.90 Å². The van der Waals surface area contributed by atoms with Crippen LogP contribution in [0.3, 0.4) is 0 Å². The number of aliphatic hydroxyl groups is 1. The van der Waals surface area contributed by atoms with E-state index in [1.54, 1.807) is 0 Å². The van der Waals surface area contributed by atoms with Crippen molar-refractivity contribution in [1.29, 1.82) is 0 Å². The number of epoxide rings is 1. The van der Waals surface area contributed by atoms with Crippen LogP contribution >= 0.6 is 0 Å². The second-order valence-corrected chi connectivity index (χ2v) is 9.86. The number of ether oxygens (including phenoxy) is 1. The largest absolute Gasteiger partial charge is 0.393 e. The average molecular weight is 318 g/mol. The van der Waals surface area contributed by atoms with Crippen LogP contribution in [0, 0.1) is 28.6 Å². The monoisotopic (exact) mass is 318 g/mol. The summed E-state index contributed by atoms with van der Waals surface area (Å²) in [6, 6.07) is 0. The molecular weight excluding hydrogens is 288 g/mol. The van der Waals surface area contributed by atoms with E-state index in [1.807, 2.05) is 0 Å². The molecule has 1 N–H and O–H groups in total. The number of carbonyl (C=O) groups excluding carboxylic acids is 1. The smallest absolute Gasteiger partial charge is 0.167 e. The fourth-order valence-corrected chi connectivity index (χ4v) is 7.96. The third-order valence-corrected chi connectivity index (χ3v) is 9.47. The van der Waals surface area contributed by atoms with Gasteiger partial charge in [-0.1, -0.05) is 13.8 Å². The molecule has 5 fully saturated rings. The van der Waals surface area contributed by atoms with Crippen molar-refractivity contribution < 1.29 is 14.6 Å². The zero-order valence-corrected chi connectivity index (χ0v) is 14.7. The lowest BCUT2D eigenvalue weighted by Gasteiger charge is -2.59. The number of fused-ring (bicyclic) bond motifs is 4. The summed E-state index contributed by atoms with van der Waals surface area (Å²) in [4.78, 5) is 12.4. The van der Waals surface area contributed by atoms with Crippen molar-refractivity contribution in [3.05, 3.63) is 0 Å². The van der Waals surface area contributed by atoms with Gasteiger partial charge in [-0.15, -0.1) is 0 Å². The number of hydrogen-bond acceptors (Lipinski definition) is 3. The van der Waals surface area contributed by atoms with E-state index in [2.05, 4.69) is 20.8 Å². The van der Waals surface area contributed by atoms with Crippen molar-refractivity contribution in [2.24, 2.45) is 28.6 Å². The van der Waals surface area contributed by atoms with Gasteiger partial charge in [-0.25, -0.2) is 0 Å². The maximum atomic E-state index is 12.4. The topological polar surface area (TPSA) is 49.8 Å². The van der Waals surface area contributed by atoms with Gasteiger partial charge >= 0.3 is 0 Å². The van der Waals surface area contributed by atoms with Gasteiger partial charge in [0.25, 0.3) is 0 Å². The van der Waals surface area contributed by atoms with Gasteiger partial charge in [-0.05, 0) is 75.0 Å². The molecule has 4 saturated carbocycles. The molecule has 1 spiro atoms. The Labute approximate surface area is 139 Å². The quantitative estimate of drug-likeness (QED) is 0.696. The highest BCUT2D eigenvalue weighted by atomic mass is 16.6. The molecule has 3 unspecified atom stereocenters. The SMILES string of the molecule is CC12OC13CC[C@@H]1[C@@H](CC[C@]4(C)C(O)CC[C@@H]14)[C@@]3(C)CCC2=O. The summed E-state index contributed by atoms with van der Waals surface area (Å²) in [5, 5.41) is 10.5. The fraction of sp³-hybridized carbons (Fsp3) is 0.950. The predicted molar refractivity (Wildman–Crippen MR) is 86.9 cm³/mol. The molecule has 0 bridgehead atoms. The molecule has 0 aromatic heterocycles. The number of ketones is 1.